The van der Waals surface area contributed by atoms with Crippen LogP contribution in [0.15, 0.2) is 36.4 Å². The van der Waals surface area contributed by atoms with Crippen molar-refractivity contribution in [1.82, 2.24) is 0 Å². The maximum absolute atomic E-state index is 10.9. The SMILES string of the molecule is O=C(O)c1ccc(Oc2ccc(C(=O)O)c(Cl)c2Cl)cc1. The molecule has 21 heavy (non-hydrogen) atoms. The first-order chi connectivity index (χ1) is 9.90. The quantitative estimate of drug-likeness (QED) is 0.880. The summed E-state index contributed by atoms with van der Waals surface area (Å²) < 4.78 is 5.46. The van der Waals surface area contributed by atoms with Crippen LogP contribution < -0.4 is 4.74 Å². The molecule has 0 aliphatic carbocycles. The average molecular weight is 327 g/mol. The van der Waals surface area contributed by atoms with Crippen LogP contribution in [0.3, 0.4) is 0 Å². The number of rotatable bonds is 4. The minimum absolute atomic E-state index is 0.0288. The maximum atomic E-state index is 10.9. The monoisotopic (exact) mass is 326 g/mol. The first-order valence-corrected chi connectivity index (χ1v) is 6.38. The van der Waals surface area contributed by atoms with Crippen molar-refractivity contribution >= 4 is 35.1 Å². The summed E-state index contributed by atoms with van der Waals surface area (Å²) >= 11 is 11.8. The molecular formula is C14H8Cl2O5. The Morgan fingerprint density at radius 3 is 2.00 bits per heavy atom. The van der Waals surface area contributed by atoms with Gasteiger partial charge in [-0.15, -0.1) is 0 Å². The summed E-state index contributed by atoms with van der Waals surface area (Å²) in [6.07, 6.45) is 0. The standard InChI is InChI=1S/C14H8Cl2O5/c15-11-9(14(19)20)5-6-10(12(11)16)21-8-3-1-7(2-4-8)13(17)18/h1-6H,(H,17,18)(H,19,20). The lowest BCUT2D eigenvalue weighted by molar-refractivity contribution is 0.0686. The molecule has 2 aromatic carbocycles. The van der Waals surface area contributed by atoms with Gasteiger partial charge >= 0.3 is 11.9 Å². The van der Waals surface area contributed by atoms with Crippen LogP contribution in [-0.2, 0) is 0 Å². The Morgan fingerprint density at radius 1 is 0.857 bits per heavy atom. The molecule has 0 atom stereocenters. The second-order valence-electron chi connectivity index (χ2n) is 3.98. The minimum atomic E-state index is -1.20. The van der Waals surface area contributed by atoms with E-state index in [1.807, 2.05) is 0 Å². The number of halogens is 2. The van der Waals surface area contributed by atoms with Gasteiger partial charge in [-0.3, -0.25) is 0 Å². The van der Waals surface area contributed by atoms with Crippen molar-refractivity contribution in [3.05, 3.63) is 57.6 Å². The largest absolute Gasteiger partial charge is 0.478 e. The molecule has 0 unspecified atom stereocenters. The van der Waals surface area contributed by atoms with Crippen molar-refractivity contribution in [2.45, 2.75) is 0 Å². The van der Waals surface area contributed by atoms with Gasteiger partial charge in [-0.1, -0.05) is 23.2 Å². The van der Waals surface area contributed by atoms with Crippen molar-refractivity contribution in [3.8, 4) is 11.5 Å². The van der Waals surface area contributed by atoms with Gasteiger partial charge in [0.2, 0.25) is 0 Å². The van der Waals surface area contributed by atoms with Gasteiger partial charge in [0, 0.05) is 0 Å². The Kier molecular flexibility index (Phi) is 4.35. The second-order valence-corrected chi connectivity index (χ2v) is 4.73. The van der Waals surface area contributed by atoms with E-state index in [-0.39, 0.29) is 26.9 Å². The van der Waals surface area contributed by atoms with Gasteiger partial charge in [-0.2, -0.15) is 0 Å². The van der Waals surface area contributed by atoms with E-state index in [9.17, 15) is 9.59 Å². The molecule has 2 rings (SSSR count). The normalized spacial score (nSPS) is 10.2. The second kappa shape index (κ2) is 6.03. The number of carboxylic acids is 2. The van der Waals surface area contributed by atoms with E-state index >= 15 is 0 Å². The van der Waals surface area contributed by atoms with Crippen LogP contribution in [0.5, 0.6) is 11.5 Å². The molecule has 0 aliphatic rings. The number of ether oxygens (including phenoxy) is 1. The van der Waals surface area contributed by atoms with E-state index in [1.54, 1.807) is 0 Å². The van der Waals surface area contributed by atoms with E-state index < -0.39 is 11.9 Å². The van der Waals surface area contributed by atoms with Crippen LogP contribution in [0.4, 0.5) is 0 Å². The van der Waals surface area contributed by atoms with Crippen LogP contribution >= 0.6 is 23.2 Å². The first kappa shape index (κ1) is 15.2. The highest BCUT2D eigenvalue weighted by atomic mass is 35.5. The summed E-state index contributed by atoms with van der Waals surface area (Å²) in [6.45, 7) is 0. The van der Waals surface area contributed by atoms with E-state index in [2.05, 4.69) is 0 Å². The molecule has 7 heteroatoms. The third-order valence-electron chi connectivity index (χ3n) is 2.61. The zero-order chi connectivity index (χ0) is 15.6. The van der Waals surface area contributed by atoms with Gasteiger partial charge in [0.15, 0.2) is 0 Å². The van der Waals surface area contributed by atoms with Crippen molar-refractivity contribution in [2.75, 3.05) is 0 Å². The number of benzene rings is 2. The zero-order valence-corrected chi connectivity index (χ0v) is 11.9. The molecule has 0 radical (unpaired) electrons. The lowest BCUT2D eigenvalue weighted by Gasteiger charge is -2.10. The third kappa shape index (κ3) is 3.26. The summed E-state index contributed by atoms with van der Waals surface area (Å²) in [5.74, 6) is -1.72. The van der Waals surface area contributed by atoms with Crippen LogP contribution in [0.2, 0.25) is 10.0 Å². The summed E-state index contributed by atoms with van der Waals surface area (Å²) in [6, 6.07) is 8.31. The summed E-state index contributed by atoms with van der Waals surface area (Å²) in [5, 5.41) is 17.6. The van der Waals surface area contributed by atoms with Crippen molar-refractivity contribution in [2.24, 2.45) is 0 Å². The zero-order valence-electron chi connectivity index (χ0n) is 10.3. The van der Waals surface area contributed by atoms with Gasteiger partial charge in [0.05, 0.1) is 16.1 Å². The van der Waals surface area contributed by atoms with Crippen molar-refractivity contribution in [3.63, 3.8) is 0 Å². The number of hydrogen-bond acceptors (Lipinski definition) is 3. The number of carbonyl (C=O) groups is 2. The molecule has 0 fully saturated rings. The smallest absolute Gasteiger partial charge is 0.337 e. The van der Waals surface area contributed by atoms with Gasteiger partial charge < -0.3 is 14.9 Å². The molecule has 0 bridgehead atoms. The van der Waals surface area contributed by atoms with E-state index in [0.29, 0.717) is 5.75 Å². The third-order valence-corrected chi connectivity index (χ3v) is 3.47. The van der Waals surface area contributed by atoms with E-state index in [4.69, 9.17) is 38.2 Å². The van der Waals surface area contributed by atoms with Gasteiger partial charge in [0.25, 0.3) is 0 Å². The van der Waals surface area contributed by atoms with Crippen LogP contribution in [0, 0.1) is 0 Å². The molecule has 0 saturated heterocycles. The van der Waals surface area contributed by atoms with Crippen LogP contribution in [0.1, 0.15) is 20.7 Å². The molecule has 0 aromatic heterocycles. The Bertz CT molecular complexity index is 710. The average Bonchev–Trinajstić information content (AvgIpc) is 2.44. The van der Waals surface area contributed by atoms with Gasteiger partial charge in [-0.05, 0) is 36.4 Å². The van der Waals surface area contributed by atoms with Gasteiger partial charge in [0.1, 0.15) is 16.5 Å². The predicted octanol–water partition coefficient (Wildman–Crippen LogP) is 4.18. The molecule has 0 spiro atoms. The molecule has 2 N–H and O–H groups in total. The lowest BCUT2D eigenvalue weighted by Crippen LogP contribution is -1.99. The Morgan fingerprint density at radius 2 is 1.48 bits per heavy atom. The molecule has 0 aliphatic heterocycles. The number of carboxylic acid groups (broad SMARTS) is 2. The fraction of sp³-hybridized carbons (Fsp3) is 0. The summed E-state index contributed by atoms with van der Waals surface area (Å²) in [5.41, 5.74) is -0.0112. The molecule has 5 nitrogen and oxygen atoms in total. The Hall–Kier alpha value is -2.24. The molecule has 2 aromatic rings. The topological polar surface area (TPSA) is 83.8 Å². The molecule has 0 saturated carbocycles. The first-order valence-electron chi connectivity index (χ1n) is 5.62. The van der Waals surface area contributed by atoms with Crippen LogP contribution in [-0.4, -0.2) is 22.2 Å². The molecule has 0 amide bonds. The highest BCUT2D eigenvalue weighted by molar-refractivity contribution is 6.44. The molecule has 108 valence electrons. The lowest BCUT2D eigenvalue weighted by atomic mass is 10.2. The maximum Gasteiger partial charge on any atom is 0.337 e. The minimum Gasteiger partial charge on any atom is -0.478 e. The Balaban J connectivity index is 2.29. The van der Waals surface area contributed by atoms with E-state index in [0.717, 1.165) is 0 Å². The van der Waals surface area contributed by atoms with Crippen LogP contribution in [0.25, 0.3) is 0 Å². The molecular weight excluding hydrogens is 319 g/mol. The van der Waals surface area contributed by atoms with E-state index in [1.165, 1.54) is 36.4 Å². The predicted molar refractivity (Wildman–Crippen MR) is 76.9 cm³/mol. The van der Waals surface area contributed by atoms with Crippen molar-refractivity contribution in [1.29, 1.82) is 0 Å². The molecule has 0 heterocycles. The summed E-state index contributed by atoms with van der Waals surface area (Å²) in [7, 11) is 0. The van der Waals surface area contributed by atoms with Crippen molar-refractivity contribution < 1.29 is 24.5 Å². The fourth-order valence-corrected chi connectivity index (χ4v) is 2.01. The fourth-order valence-electron chi connectivity index (χ4n) is 1.57. The number of aromatic carboxylic acids is 2. The van der Waals surface area contributed by atoms with Gasteiger partial charge in [-0.25, -0.2) is 9.59 Å². The highest BCUT2D eigenvalue weighted by Gasteiger charge is 2.16. The number of hydrogen-bond donors (Lipinski definition) is 2. The highest BCUT2D eigenvalue weighted by Crippen LogP contribution is 2.37. The Labute approximate surface area is 129 Å². The summed E-state index contributed by atoms with van der Waals surface area (Å²) in [4.78, 5) is 21.6.